The largest absolute Gasteiger partial charge is 0.337 e. The Kier molecular flexibility index (Phi) is 4.68. The summed E-state index contributed by atoms with van der Waals surface area (Å²) in [5.41, 5.74) is 1.42. The van der Waals surface area contributed by atoms with E-state index in [-0.39, 0.29) is 0 Å². The molecular formula is C17H24N4. The molecule has 2 heterocycles. The van der Waals surface area contributed by atoms with E-state index in [1.165, 1.54) is 5.56 Å². The summed E-state index contributed by atoms with van der Waals surface area (Å²) in [6.07, 6.45) is 6.94. The van der Waals surface area contributed by atoms with Gasteiger partial charge < -0.3 is 9.88 Å². The molecular weight excluding hydrogens is 260 g/mol. The molecule has 2 atom stereocenters. The van der Waals surface area contributed by atoms with E-state index in [2.05, 4.69) is 57.0 Å². The van der Waals surface area contributed by atoms with Crippen molar-refractivity contribution in [1.29, 1.82) is 0 Å². The van der Waals surface area contributed by atoms with Crippen LogP contribution in [0.25, 0.3) is 0 Å². The molecule has 4 nitrogen and oxygen atoms in total. The summed E-state index contributed by atoms with van der Waals surface area (Å²) < 4.78 is 2.16. The summed E-state index contributed by atoms with van der Waals surface area (Å²) in [4.78, 5) is 6.72. The smallest absolute Gasteiger partial charge is 0.0945 e. The molecule has 4 heteroatoms. The number of imidazole rings is 1. The summed E-state index contributed by atoms with van der Waals surface area (Å²) in [7, 11) is 0. The van der Waals surface area contributed by atoms with E-state index in [1.807, 2.05) is 18.7 Å². The molecule has 2 aromatic rings. The van der Waals surface area contributed by atoms with Gasteiger partial charge in [0.2, 0.25) is 0 Å². The van der Waals surface area contributed by atoms with E-state index in [0.717, 1.165) is 32.6 Å². The molecule has 0 bridgehead atoms. The summed E-state index contributed by atoms with van der Waals surface area (Å²) in [6.45, 7) is 6.59. The van der Waals surface area contributed by atoms with Gasteiger partial charge in [0, 0.05) is 50.7 Å². The maximum atomic E-state index is 4.10. The number of aromatic nitrogens is 2. The van der Waals surface area contributed by atoms with Crippen molar-refractivity contribution in [2.45, 2.75) is 32.0 Å². The summed E-state index contributed by atoms with van der Waals surface area (Å²) in [6, 6.07) is 11.9. The number of rotatable bonds is 5. The summed E-state index contributed by atoms with van der Waals surface area (Å²) >= 11 is 0. The first-order valence-corrected chi connectivity index (χ1v) is 7.81. The number of hydrogen-bond acceptors (Lipinski definition) is 3. The Balaban J connectivity index is 1.61. The minimum Gasteiger partial charge on any atom is -0.337 e. The molecule has 21 heavy (non-hydrogen) atoms. The van der Waals surface area contributed by atoms with Crippen LogP contribution in [-0.4, -0.2) is 40.1 Å². The fraction of sp³-hybridized carbons (Fsp3) is 0.471. The van der Waals surface area contributed by atoms with Crippen molar-refractivity contribution >= 4 is 0 Å². The molecule has 0 spiro atoms. The second kappa shape index (κ2) is 6.87. The highest BCUT2D eigenvalue weighted by Crippen LogP contribution is 2.23. The Morgan fingerprint density at radius 3 is 2.86 bits per heavy atom. The SMILES string of the molecule is CC1CN(CCCn2ccnc2)C(c2ccccc2)CN1. The maximum absolute atomic E-state index is 4.10. The molecule has 3 rings (SSSR count). The minimum atomic E-state index is 0.491. The molecule has 1 aromatic heterocycles. The molecule has 1 saturated heterocycles. The van der Waals surface area contributed by atoms with Crippen molar-refractivity contribution in [3.63, 3.8) is 0 Å². The number of nitrogens with one attached hydrogen (secondary N) is 1. The maximum Gasteiger partial charge on any atom is 0.0945 e. The first-order chi connectivity index (χ1) is 10.3. The molecule has 1 fully saturated rings. The average molecular weight is 284 g/mol. The van der Waals surface area contributed by atoms with E-state index in [1.54, 1.807) is 0 Å². The van der Waals surface area contributed by atoms with Crippen LogP contribution in [0.4, 0.5) is 0 Å². The molecule has 0 radical (unpaired) electrons. The standard InChI is InChI=1S/C17H24N4/c1-15-13-21(10-5-9-20-11-8-18-14-20)17(12-19-15)16-6-3-2-4-7-16/h2-4,6-8,11,14-15,17,19H,5,9-10,12-13H2,1H3. The molecule has 112 valence electrons. The van der Waals surface area contributed by atoms with Gasteiger partial charge in [-0.3, -0.25) is 4.90 Å². The van der Waals surface area contributed by atoms with Crippen LogP contribution in [0, 0.1) is 0 Å². The van der Waals surface area contributed by atoms with Crippen LogP contribution in [0.5, 0.6) is 0 Å². The van der Waals surface area contributed by atoms with Crippen LogP contribution in [0.1, 0.15) is 24.9 Å². The van der Waals surface area contributed by atoms with Crippen molar-refractivity contribution in [3.05, 3.63) is 54.6 Å². The molecule has 1 aliphatic rings. The first kappa shape index (κ1) is 14.3. The number of aryl methyl sites for hydroxylation is 1. The van der Waals surface area contributed by atoms with Crippen LogP contribution >= 0.6 is 0 Å². The lowest BCUT2D eigenvalue weighted by atomic mass is 10.0. The molecule has 1 aliphatic heterocycles. The predicted octanol–water partition coefficient (Wildman–Crippen LogP) is 2.31. The van der Waals surface area contributed by atoms with Gasteiger partial charge >= 0.3 is 0 Å². The third-order valence-electron chi connectivity index (χ3n) is 4.21. The Labute approximate surface area is 126 Å². The van der Waals surface area contributed by atoms with Crippen molar-refractivity contribution in [2.24, 2.45) is 0 Å². The van der Waals surface area contributed by atoms with Crippen LogP contribution in [0.2, 0.25) is 0 Å². The fourth-order valence-electron chi connectivity index (χ4n) is 3.11. The second-order valence-corrected chi connectivity index (χ2v) is 5.88. The van der Waals surface area contributed by atoms with Crippen LogP contribution < -0.4 is 5.32 Å². The zero-order chi connectivity index (χ0) is 14.5. The van der Waals surface area contributed by atoms with Gasteiger partial charge in [-0.05, 0) is 18.9 Å². The quantitative estimate of drug-likeness (QED) is 0.914. The van der Waals surface area contributed by atoms with Gasteiger partial charge in [-0.1, -0.05) is 30.3 Å². The highest BCUT2D eigenvalue weighted by molar-refractivity contribution is 5.20. The van der Waals surface area contributed by atoms with Crippen molar-refractivity contribution in [3.8, 4) is 0 Å². The molecule has 2 unspecified atom stereocenters. The third-order valence-corrected chi connectivity index (χ3v) is 4.21. The summed E-state index contributed by atoms with van der Waals surface area (Å²) in [5, 5.41) is 3.61. The Bertz CT molecular complexity index is 523. The molecule has 0 amide bonds. The van der Waals surface area contributed by atoms with E-state index in [0.29, 0.717) is 12.1 Å². The predicted molar refractivity (Wildman–Crippen MR) is 85.1 cm³/mol. The number of benzene rings is 1. The first-order valence-electron chi connectivity index (χ1n) is 7.81. The monoisotopic (exact) mass is 284 g/mol. The van der Waals surface area contributed by atoms with E-state index < -0.39 is 0 Å². The van der Waals surface area contributed by atoms with Crippen molar-refractivity contribution in [1.82, 2.24) is 19.8 Å². The van der Waals surface area contributed by atoms with E-state index >= 15 is 0 Å². The van der Waals surface area contributed by atoms with Gasteiger partial charge in [0.1, 0.15) is 0 Å². The lowest BCUT2D eigenvalue weighted by Crippen LogP contribution is -2.51. The minimum absolute atomic E-state index is 0.491. The molecule has 0 aliphatic carbocycles. The average Bonchev–Trinajstić information content (AvgIpc) is 3.02. The second-order valence-electron chi connectivity index (χ2n) is 5.88. The summed E-state index contributed by atoms with van der Waals surface area (Å²) in [5.74, 6) is 0. The fourth-order valence-corrected chi connectivity index (χ4v) is 3.11. The Morgan fingerprint density at radius 1 is 1.24 bits per heavy atom. The van der Waals surface area contributed by atoms with Crippen molar-refractivity contribution in [2.75, 3.05) is 19.6 Å². The van der Waals surface area contributed by atoms with Gasteiger partial charge in [-0.2, -0.15) is 0 Å². The topological polar surface area (TPSA) is 33.1 Å². The molecule has 1 N–H and O–H groups in total. The number of hydrogen-bond donors (Lipinski definition) is 1. The lowest BCUT2D eigenvalue weighted by molar-refractivity contribution is 0.132. The van der Waals surface area contributed by atoms with Gasteiger partial charge in [-0.15, -0.1) is 0 Å². The number of piperazine rings is 1. The highest BCUT2D eigenvalue weighted by atomic mass is 15.2. The Morgan fingerprint density at radius 2 is 2.10 bits per heavy atom. The van der Waals surface area contributed by atoms with Crippen LogP contribution in [0.3, 0.4) is 0 Å². The Hall–Kier alpha value is -1.65. The van der Waals surface area contributed by atoms with Crippen molar-refractivity contribution < 1.29 is 0 Å². The van der Waals surface area contributed by atoms with Gasteiger partial charge in [0.05, 0.1) is 6.33 Å². The van der Waals surface area contributed by atoms with Crippen LogP contribution in [0.15, 0.2) is 49.1 Å². The van der Waals surface area contributed by atoms with Crippen LogP contribution in [-0.2, 0) is 6.54 Å². The normalized spacial score (nSPS) is 23.3. The van der Waals surface area contributed by atoms with Gasteiger partial charge in [0.15, 0.2) is 0 Å². The molecule has 1 aromatic carbocycles. The molecule has 0 saturated carbocycles. The van der Waals surface area contributed by atoms with Gasteiger partial charge in [-0.25, -0.2) is 4.98 Å². The van der Waals surface area contributed by atoms with E-state index in [9.17, 15) is 0 Å². The van der Waals surface area contributed by atoms with E-state index in [4.69, 9.17) is 0 Å². The zero-order valence-corrected chi connectivity index (χ0v) is 12.7. The van der Waals surface area contributed by atoms with Gasteiger partial charge in [0.25, 0.3) is 0 Å². The number of nitrogens with zero attached hydrogens (tertiary/aromatic N) is 3. The third kappa shape index (κ3) is 3.71. The zero-order valence-electron chi connectivity index (χ0n) is 12.7. The lowest BCUT2D eigenvalue weighted by Gasteiger charge is -2.39. The highest BCUT2D eigenvalue weighted by Gasteiger charge is 2.26.